The fraction of sp³-hybridized carbons (Fsp3) is 0.190. The molecule has 0 aliphatic heterocycles. The molecule has 0 unspecified atom stereocenters. The number of hydrogen-bond acceptors (Lipinski definition) is 3. The maximum absolute atomic E-state index is 12.8. The van der Waals surface area contributed by atoms with Gasteiger partial charge in [0.05, 0.1) is 19.2 Å². The molecule has 3 aromatic carbocycles. The van der Waals surface area contributed by atoms with Crippen LogP contribution in [-0.2, 0) is 17.5 Å². The second-order valence-electron chi connectivity index (χ2n) is 6.18. The quantitative estimate of drug-likeness (QED) is 0.649. The average Bonchev–Trinajstić information content (AvgIpc) is 2.69. The van der Waals surface area contributed by atoms with E-state index in [4.69, 9.17) is 4.74 Å². The molecule has 0 aliphatic rings. The Hall–Kier alpha value is -3.22. The Bertz CT molecular complexity index is 987. The minimum Gasteiger partial charge on any atom is -0.496 e. The van der Waals surface area contributed by atoms with E-state index in [9.17, 15) is 18.0 Å². The molecule has 0 atom stereocenters. The molecule has 0 radical (unpaired) electrons. The highest BCUT2D eigenvalue weighted by molar-refractivity contribution is 5.88. The summed E-state index contributed by atoms with van der Waals surface area (Å²) in [6.07, 6.45) is -4.43. The normalized spacial score (nSPS) is 11.3. The van der Waals surface area contributed by atoms with Gasteiger partial charge in [-0.15, -0.1) is 0 Å². The van der Waals surface area contributed by atoms with Crippen molar-refractivity contribution in [3.8, 4) is 5.75 Å². The Morgan fingerprint density at radius 3 is 2.57 bits per heavy atom. The molecular weight excluding hydrogens is 369 g/mol. The van der Waals surface area contributed by atoms with Crippen LogP contribution in [0, 0.1) is 0 Å². The molecule has 0 aromatic heterocycles. The van der Waals surface area contributed by atoms with Gasteiger partial charge in [0.1, 0.15) is 5.75 Å². The van der Waals surface area contributed by atoms with Gasteiger partial charge in [-0.3, -0.25) is 4.79 Å². The molecule has 0 heterocycles. The van der Waals surface area contributed by atoms with Crippen LogP contribution in [0.5, 0.6) is 5.75 Å². The summed E-state index contributed by atoms with van der Waals surface area (Å²) >= 11 is 0. The fourth-order valence-electron chi connectivity index (χ4n) is 2.93. The highest BCUT2D eigenvalue weighted by Gasteiger charge is 2.30. The summed E-state index contributed by atoms with van der Waals surface area (Å²) < 4.78 is 43.7. The number of rotatable bonds is 6. The van der Waals surface area contributed by atoms with Crippen molar-refractivity contribution < 1.29 is 22.7 Å². The summed E-state index contributed by atoms with van der Waals surface area (Å²) in [7, 11) is 1.56. The lowest BCUT2D eigenvalue weighted by atomic mass is 10.0. The van der Waals surface area contributed by atoms with Gasteiger partial charge in [-0.25, -0.2) is 0 Å². The Morgan fingerprint density at radius 1 is 1.04 bits per heavy atom. The first-order valence-corrected chi connectivity index (χ1v) is 8.61. The number of carbonyl (C=O) groups is 1. The summed E-state index contributed by atoms with van der Waals surface area (Å²) in [6, 6.07) is 16.3. The highest BCUT2D eigenvalue weighted by atomic mass is 19.4. The van der Waals surface area contributed by atoms with E-state index in [-0.39, 0.29) is 24.7 Å². The Labute approximate surface area is 160 Å². The Balaban J connectivity index is 1.65. The third kappa shape index (κ3) is 4.54. The van der Waals surface area contributed by atoms with Crippen LogP contribution in [0.25, 0.3) is 10.8 Å². The molecule has 0 bridgehead atoms. The van der Waals surface area contributed by atoms with Gasteiger partial charge >= 0.3 is 6.18 Å². The largest absolute Gasteiger partial charge is 0.496 e. The predicted octanol–water partition coefficient (Wildman–Crippen LogP) is 4.60. The molecule has 1 amide bonds. The monoisotopic (exact) mass is 388 g/mol. The summed E-state index contributed by atoms with van der Waals surface area (Å²) in [5, 5.41) is 7.48. The predicted molar refractivity (Wildman–Crippen MR) is 102 cm³/mol. The van der Waals surface area contributed by atoms with Crippen LogP contribution in [0.4, 0.5) is 18.9 Å². The Morgan fingerprint density at radius 2 is 1.82 bits per heavy atom. The highest BCUT2D eigenvalue weighted by Crippen LogP contribution is 2.30. The van der Waals surface area contributed by atoms with Crippen molar-refractivity contribution >= 4 is 22.4 Å². The first-order valence-electron chi connectivity index (χ1n) is 8.61. The number of alkyl halides is 3. The van der Waals surface area contributed by atoms with Gasteiger partial charge in [0.2, 0.25) is 5.91 Å². The van der Waals surface area contributed by atoms with Crippen molar-refractivity contribution in [2.24, 2.45) is 0 Å². The summed E-state index contributed by atoms with van der Waals surface area (Å²) in [5.74, 6) is 0.317. The van der Waals surface area contributed by atoms with E-state index >= 15 is 0 Å². The lowest BCUT2D eigenvalue weighted by Gasteiger charge is -2.14. The van der Waals surface area contributed by atoms with Gasteiger partial charge in [-0.1, -0.05) is 36.4 Å². The number of anilines is 1. The van der Waals surface area contributed by atoms with Crippen molar-refractivity contribution in [3.63, 3.8) is 0 Å². The molecule has 0 aliphatic carbocycles. The molecule has 3 rings (SSSR count). The van der Waals surface area contributed by atoms with Crippen LogP contribution >= 0.6 is 0 Å². The van der Waals surface area contributed by atoms with Crippen molar-refractivity contribution in [3.05, 3.63) is 71.8 Å². The molecule has 0 saturated carbocycles. The third-order valence-corrected chi connectivity index (χ3v) is 4.32. The van der Waals surface area contributed by atoms with E-state index in [1.807, 2.05) is 36.4 Å². The first-order chi connectivity index (χ1) is 13.4. The zero-order valence-electron chi connectivity index (χ0n) is 15.1. The number of fused-ring (bicyclic) bond motifs is 1. The number of amides is 1. The van der Waals surface area contributed by atoms with E-state index in [1.54, 1.807) is 7.11 Å². The lowest BCUT2D eigenvalue weighted by molar-refractivity contribution is -0.137. The smallest absolute Gasteiger partial charge is 0.416 e. The molecule has 0 spiro atoms. The summed E-state index contributed by atoms with van der Waals surface area (Å²) in [5.41, 5.74) is 0.305. The van der Waals surface area contributed by atoms with Crippen LogP contribution < -0.4 is 15.4 Å². The Kier molecular flexibility index (Phi) is 5.73. The van der Waals surface area contributed by atoms with Gasteiger partial charge in [0.15, 0.2) is 0 Å². The van der Waals surface area contributed by atoms with Crippen LogP contribution in [0.15, 0.2) is 60.7 Å². The molecule has 7 heteroatoms. The van der Waals surface area contributed by atoms with Crippen LogP contribution in [0.3, 0.4) is 0 Å². The minimum atomic E-state index is -4.43. The standard InChI is InChI=1S/C21H19F3N2O2/c1-28-19-10-9-14-5-2-3-8-17(14)18(19)12-26-20(27)13-25-16-7-4-6-15(11-16)21(22,23)24/h2-11,25H,12-13H2,1H3,(H,26,27). The number of benzene rings is 3. The topological polar surface area (TPSA) is 50.4 Å². The minimum absolute atomic E-state index is 0.144. The van der Waals surface area contributed by atoms with E-state index in [0.717, 1.165) is 28.5 Å². The van der Waals surface area contributed by atoms with Gasteiger partial charge in [-0.2, -0.15) is 13.2 Å². The van der Waals surface area contributed by atoms with E-state index < -0.39 is 11.7 Å². The number of methoxy groups -OCH3 is 1. The maximum Gasteiger partial charge on any atom is 0.416 e. The maximum atomic E-state index is 12.8. The van der Waals surface area contributed by atoms with Gasteiger partial charge < -0.3 is 15.4 Å². The van der Waals surface area contributed by atoms with E-state index in [2.05, 4.69) is 10.6 Å². The van der Waals surface area contributed by atoms with Crippen molar-refractivity contribution in [1.82, 2.24) is 5.32 Å². The van der Waals surface area contributed by atoms with Crippen molar-refractivity contribution in [2.45, 2.75) is 12.7 Å². The molecular formula is C21H19F3N2O2. The van der Waals surface area contributed by atoms with E-state index in [0.29, 0.717) is 5.75 Å². The zero-order valence-corrected chi connectivity index (χ0v) is 15.1. The van der Waals surface area contributed by atoms with Crippen molar-refractivity contribution in [2.75, 3.05) is 19.0 Å². The SMILES string of the molecule is COc1ccc2ccccc2c1CNC(=O)CNc1cccc(C(F)(F)F)c1. The van der Waals surface area contributed by atoms with E-state index in [1.165, 1.54) is 12.1 Å². The first kappa shape index (κ1) is 19.5. The summed E-state index contributed by atoms with van der Waals surface area (Å²) in [4.78, 5) is 12.2. The molecule has 2 N–H and O–H groups in total. The number of nitrogens with one attached hydrogen (secondary N) is 2. The zero-order chi connectivity index (χ0) is 20.1. The second-order valence-corrected chi connectivity index (χ2v) is 6.18. The number of carbonyl (C=O) groups excluding carboxylic acids is 1. The molecule has 0 saturated heterocycles. The van der Waals surface area contributed by atoms with Crippen LogP contribution in [0.1, 0.15) is 11.1 Å². The second kappa shape index (κ2) is 8.21. The lowest BCUT2D eigenvalue weighted by Crippen LogP contribution is -2.29. The molecule has 146 valence electrons. The molecule has 28 heavy (non-hydrogen) atoms. The average molecular weight is 388 g/mol. The number of hydrogen-bond donors (Lipinski definition) is 2. The number of halogens is 3. The number of ether oxygens (including phenoxy) is 1. The molecule has 3 aromatic rings. The van der Waals surface area contributed by atoms with Crippen molar-refractivity contribution in [1.29, 1.82) is 0 Å². The van der Waals surface area contributed by atoms with Crippen LogP contribution in [0.2, 0.25) is 0 Å². The molecule has 4 nitrogen and oxygen atoms in total. The summed E-state index contributed by atoms with van der Waals surface area (Å²) in [6.45, 7) is 0.0992. The van der Waals surface area contributed by atoms with Gasteiger partial charge in [0, 0.05) is 17.8 Å². The fourth-order valence-corrected chi connectivity index (χ4v) is 2.93. The molecule has 0 fully saturated rings. The van der Waals surface area contributed by atoms with Gasteiger partial charge in [0.25, 0.3) is 0 Å². The van der Waals surface area contributed by atoms with Gasteiger partial charge in [-0.05, 0) is 35.0 Å². The third-order valence-electron chi connectivity index (χ3n) is 4.32. The van der Waals surface area contributed by atoms with Crippen LogP contribution in [-0.4, -0.2) is 19.6 Å².